The Hall–Kier alpha value is -1.62. The fourth-order valence-electron chi connectivity index (χ4n) is 1.16. The van der Waals surface area contributed by atoms with Crippen molar-refractivity contribution < 1.29 is 19.0 Å². The van der Waals surface area contributed by atoms with Gasteiger partial charge in [0.15, 0.2) is 11.6 Å². The third-order valence-corrected chi connectivity index (χ3v) is 2.06. The minimum absolute atomic E-state index is 0.158. The molecule has 1 aromatic rings. The van der Waals surface area contributed by atoms with Crippen LogP contribution in [0.3, 0.4) is 0 Å². The van der Waals surface area contributed by atoms with Crippen LogP contribution in [0.1, 0.15) is 12.5 Å². The van der Waals surface area contributed by atoms with Crippen LogP contribution >= 0.6 is 0 Å². The highest BCUT2D eigenvalue weighted by Crippen LogP contribution is 2.17. The van der Waals surface area contributed by atoms with E-state index < -0.39 is 17.8 Å². The molecule has 0 heterocycles. The zero-order valence-corrected chi connectivity index (χ0v) is 9.16. The van der Waals surface area contributed by atoms with Crippen LogP contribution in [0, 0.1) is 5.82 Å². The zero-order chi connectivity index (χ0) is 12.1. The lowest BCUT2D eigenvalue weighted by Gasteiger charge is -2.08. The molecule has 0 spiro atoms. The van der Waals surface area contributed by atoms with E-state index in [1.165, 1.54) is 26.2 Å². The van der Waals surface area contributed by atoms with Gasteiger partial charge in [0.05, 0.1) is 7.11 Å². The van der Waals surface area contributed by atoms with E-state index in [4.69, 9.17) is 9.84 Å². The van der Waals surface area contributed by atoms with Gasteiger partial charge in [0.2, 0.25) is 5.91 Å². The molecule has 1 amide bonds. The maximum Gasteiger partial charge on any atom is 0.248 e. The predicted molar refractivity (Wildman–Crippen MR) is 56.5 cm³/mol. The maximum atomic E-state index is 13.2. The van der Waals surface area contributed by atoms with Gasteiger partial charge in [-0.3, -0.25) is 4.79 Å². The molecule has 0 saturated heterocycles. The van der Waals surface area contributed by atoms with Crippen LogP contribution in [0.25, 0.3) is 0 Å². The molecular formula is C11H14FNO3. The molecule has 0 aliphatic rings. The van der Waals surface area contributed by atoms with Gasteiger partial charge in [-0.25, -0.2) is 4.39 Å². The van der Waals surface area contributed by atoms with E-state index in [-0.39, 0.29) is 12.3 Å². The third kappa shape index (κ3) is 3.20. The Morgan fingerprint density at radius 3 is 2.81 bits per heavy atom. The highest BCUT2D eigenvalue weighted by Gasteiger charge is 2.08. The first kappa shape index (κ1) is 12.4. The van der Waals surface area contributed by atoms with Crippen LogP contribution in [-0.2, 0) is 11.3 Å². The number of aliphatic hydroxyl groups excluding tert-OH is 1. The van der Waals surface area contributed by atoms with E-state index in [1.54, 1.807) is 6.07 Å². The molecule has 0 saturated carbocycles. The fourth-order valence-corrected chi connectivity index (χ4v) is 1.16. The molecule has 88 valence electrons. The Bertz CT molecular complexity index is 379. The van der Waals surface area contributed by atoms with Crippen molar-refractivity contribution in [3.63, 3.8) is 0 Å². The van der Waals surface area contributed by atoms with Gasteiger partial charge in [-0.2, -0.15) is 0 Å². The molecule has 1 atom stereocenters. The van der Waals surface area contributed by atoms with E-state index in [0.29, 0.717) is 5.56 Å². The van der Waals surface area contributed by atoms with E-state index in [9.17, 15) is 9.18 Å². The summed E-state index contributed by atoms with van der Waals surface area (Å²) in [6, 6.07) is 4.41. The van der Waals surface area contributed by atoms with Gasteiger partial charge in [-0.1, -0.05) is 6.07 Å². The van der Waals surface area contributed by atoms with Crippen LogP contribution < -0.4 is 10.1 Å². The van der Waals surface area contributed by atoms with Crippen LogP contribution in [0.15, 0.2) is 18.2 Å². The molecule has 2 N–H and O–H groups in total. The lowest BCUT2D eigenvalue weighted by molar-refractivity contribution is -0.128. The second-order valence-corrected chi connectivity index (χ2v) is 3.36. The van der Waals surface area contributed by atoms with Crippen molar-refractivity contribution in [1.82, 2.24) is 5.32 Å². The maximum absolute atomic E-state index is 13.2. The minimum atomic E-state index is -1.07. The number of benzene rings is 1. The van der Waals surface area contributed by atoms with Gasteiger partial charge in [-0.15, -0.1) is 0 Å². The Labute approximate surface area is 93.0 Å². The summed E-state index contributed by atoms with van der Waals surface area (Å²) in [7, 11) is 1.38. The van der Waals surface area contributed by atoms with E-state index in [2.05, 4.69) is 5.32 Å². The number of halogens is 1. The molecular weight excluding hydrogens is 213 g/mol. The van der Waals surface area contributed by atoms with Crippen molar-refractivity contribution in [2.24, 2.45) is 0 Å². The molecule has 0 aliphatic heterocycles. The summed E-state index contributed by atoms with van der Waals surface area (Å²) in [4.78, 5) is 11.0. The number of methoxy groups -OCH3 is 1. The largest absolute Gasteiger partial charge is 0.494 e. The highest BCUT2D eigenvalue weighted by atomic mass is 19.1. The quantitative estimate of drug-likeness (QED) is 0.801. The number of hydrogen-bond acceptors (Lipinski definition) is 3. The van der Waals surface area contributed by atoms with Crippen molar-refractivity contribution in [1.29, 1.82) is 0 Å². The average Bonchev–Trinajstić information content (AvgIpc) is 2.25. The van der Waals surface area contributed by atoms with Crippen molar-refractivity contribution in [3.05, 3.63) is 29.6 Å². The zero-order valence-electron chi connectivity index (χ0n) is 9.16. The average molecular weight is 227 g/mol. The topological polar surface area (TPSA) is 58.6 Å². The van der Waals surface area contributed by atoms with Gasteiger partial charge < -0.3 is 15.2 Å². The SMILES string of the molecule is COc1ccc(CNC(=O)C(C)O)cc1F. The number of carbonyl (C=O) groups is 1. The van der Waals surface area contributed by atoms with Gasteiger partial charge in [-0.05, 0) is 24.6 Å². The predicted octanol–water partition coefficient (Wildman–Crippen LogP) is 0.831. The number of ether oxygens (including phenoxy) is 1. The summed E-state index contributed by atoms with van der Waals surface area (Å²) in [5.41, 5.74) is 0.604. The number of amides is 1. The summed E-state index contributed by atoms with van der Waals surface area (Å²) in [6.07, 6.45) is -1.07. The second kappa shape index (κ2) is 5.46. The number of carbonyl (C=O) groups excluding carboxylic acids is 1. The van der Waals surface area contributed by atoms with Crippen molar-refractivity contribution in [2.45, 2.75) is 19.6 Å². The molecule has 0 aromatic heterocycles. The number of hydrogen-bond donors (Lipinski definition) is 2. The molecule has 0 radical (unpaired) electrons. The highest BCUT2D eigenvalue weighted by molar-refractivity contribution is 5.79. The van der Waals surface area contributed by atoms with Gasteiger partial charge in [0, 0.05) is 6.54 Å². The van der Waals surface area contributed by atoms with Crippen molar-refractivity contribution in [3.8, 4) is 5.75 Å². The molecule has 0 bridgehead atoms. The first-order valence-corrected chi connectivity index (χ1v) is 4.82. The Morgan fingerprint density at radius 1 is 1.62 bits per heavy atom. The fraction of sp³-hybridized carbons (Fsp3) is 0.364. The summed E-state index contributed by atoms with van der Waals surface area (Å²) in [6.45, 7) is 1.54. The van der Waals surface area contributed by atoms with E-state index in [1.807, 2.05) is 0 Å². The van der Waals surface area contributed by atoms with Crippen LogP contribution in [0.5, 0.6) is 5.75 Å². The number of aliphatic hydroxyl groups is 1. The molecule has 0 aliphatic carbocycles. The number of nitrogens with one attached hydrogen (secondary N) is 1. The van der Waals surface area contributed by atoms with Crippen molar-refractivity contribution >= 4 is 5.91 Å². The van der Waals surface area contributed by atoms with Crippen molar-refractivity contribution in [2.75, 3.05) is 7.11 Å². The van der Waals surface area contributed by atoms with Gasteiger partial charge in [0.1, 0.15) is 6.10 Å². The van der Waals surface area contributed by atoms with E-state index >= 15 is 0 Å². The molecule has 1 unspecified atom stereocenters. The Kier molecular flexibility index (Phi) is 4.25. The Morgan fingerprint density at radius 2 is 2.31 bits per heavy atom. The van der Waals surface area contributed by atoms with Crippen LogP contribution in [-0.4, -0.2) is 24.2 Å². The summed E-state index contributed by atoms with van der Waals surface area (Å²) < 4.78 is 18.0. The molecule has 1 rings (SSSR count). The molecule has 16 heavy (non-hydrogen) atoms. The molecule has 1 aromatic carbocycles. The third-order valence-electron chi connectivity index (χ3n) is 2.06. The summed E-state index contributed by atoms with van der Waals surface area (Å²) >= 11 is 0. The first-order chi connectivity index (χ1) is 7.54. The second-order valence-electron chi connectivity index (χ2n) is 3.36. The smallest absolute Gasteiger partial charge is 0.248 e. The lowest BCUT2D eigenvalue weighted by Crippen LogP contribution is -2.31. The summed E-state index contributed by atoms with van der Waals surface area (Å²) in [5.74, 6) is -0.812. The first-order valence-electron chi connectivity index (χ1n) is 4.82. The molecule has 0 fully saturated rings. The number of rotatable bonds is 4. The normalized spacial score (nSPS) is 12.0. The Balaban J connectivity index is 2.62. The summed E-state index contributed by atoms with van der Waals surface area (Å²) in [5, 5.41) is 11.4. The molecule has 4 nitrogen and oxygen atoms in total. The molecule has 5 heteroatoms. The van der Waals surface area contributed by atoms with Gasteiger partial charge >= 0.3 is 0 Å². The van der Waals surface area contributed by atoms with Gasteiger partial charge in [0.25, 0.3) is 0 Å². The van der Waals surface area contributed by atoms with E-state index in [0.717, 1.165) is 0 Å². The minimum Gasteiger partial charge on any atom is -0.494 e. The van der Waals surface area contributed by atoms with Crippen LogP contribution in [0.2, 0.25) is 0 Å². The standard InChI is InChI=1S/C11H14FNO3/c1-7(14)11(15)13-6-8-3-4-10(16-2)9(12)5-8/h3-5,7,14H,6H2,1-2H3,(H,13,15). The lowest BCUT2D eigenvalue weighted by atomic mass is 10.2. The van der Waals surface area contributed by atoms with Crippen LogP contribution in [0.4, 0.5) is 4.39 Å². The monoisotopic (exact) mass is 227 g/mol.